The fourth-order valence-electron chi connectivity index (χ4n) is 2.29. The fourth-order valence-corrected chi connectivity index (χ4v) is 2.29. The summed E-state index contributed by atoms with van der Waals surface area (Å²) in [6, 6.07) is 10.1. The molecule has 2 heterocycles. The van der Waals surface area contributed by atoms with Crippen LogP contribution in [0.4, 0.5) is 10.1 Å². The number of nitrogens with zero attached hydrogens (tertiary/aromatic N) is 2. The van der Waals surface area contributed by atoms with E-state index in [-0.39, 0.29) is 5.82 Å². The molecule has 4 heteroatoms. The SMILES string of the molecule is CCc1c(-c2ccc(F)cc2)nc2ccc(N)cn12. The number of nitrogens with two attached hydrogens (primary N) is 1. The minimum absolute atomic E-state index is 0.241. The van der Waals surface area contributed by atoms with E-state index in [2.05, 4.69) is 11.9 Å². The second-order valence-corrected chi connectivity index (χ2v) is 4.46. The number of halogens is 1. The lowest BCUT2D eigenvalue weighted by Crippen LogP contribution is -1.95. The van der Waals surface area contributed by atoms with E-state index >= 15 is 0 Å². The summed E-state index contributed by atoms with van der Waals surface area (Å²) in [5, 5.41) is 0. The molecule has 0 bridgehead atoms. The van der Waals surface area contributed by atoms with Crippen LogP contribution in [-0.4, -0.2) is 9.38 Å². The number of benzene rings is 1. The van der Waals surface area contributed by atoms with Crippen LogP contribution >= 0.6 is 0 Å². The molecule has 3 rings (SSSR count). The molecule has 2 aromatic heterocycles. The monoisotopic (exact) mass is 255 g/mol. The predicted molar refractivity (Wildman–Crippen MR) is 74.4 cm³/mol. The van der Waals surface area contributed by atoms with Crippen molar-refractivity contribution in [3.05, 3.63) is 54.1 Å². The zero-order chi connectivity index (χ0) is 13.4. The quantitative estimate of drug-likeness (QED) is 0.763. The zero-order valence-corrected chi connectivity index (χ0v) is 10.6. The molecule has 19 heavy (non-hydrogen) atoms. The van der Waals surface area contributed by atoms with Gasteiger partial charge in [-0.2, -0.15) is 0 Å². The van der Waals surface area contributed by atoms with Gasteiger partial charge >= 0.3 is 0 Å². The van der Waals surface area contributed by atoms with Gasteiger partial charge in [0, 0.05) is 17.4 Å². The summed E-state index contributed by atoms with van der Waals surface area (Å²) in [5.41, 5.74) is 10.2. The van der Waals surface area contributed by atoms with Crippen molar-refractivity contribution in [3.8, 4) is 11.3 Å². The Balaban J connectivity index is 2.25. The molecule has 3 aromatic rings. The van der Waals surface area contributed by atoms with Gasteiger partial charge in [-0.1, -0.05) is 6.92 Å². The molecule has 0 fully saturated rings. The van der Waals surface area contributed by atoms with E-state index in [1.165, 1.54) is 12.1 Å². The van der Waals surface area contributed by atoms with E-state index < -0.39 is 0 Å². The van der Waals surface area contributed by atoms with Crippen LogP contribution < -0.4 is 5.73 Å². The molecular formula is C15H14FN3. The molecule has 0 amide bonds. The third kappa shape index (κ3) is 1.95. The maximum Gasteiger partial charge on any atom is 0.137 e. The van der Waals surface area contributed by atoms with Crippen molar-refractivity contribution < 1.29 is 4.39 Å². The standard InChI is InChI=1S/C15H14FN3/c1-2-13-15(10-3-5-11(16)6-4-10)18-14-8-7-12(17)9-19(13)14/h3-9H,2,17H2,1H3. The first-order chi connectivity index (χ1) is 9.19. The van der Waals surface area contributed by atoms with Crippen LogP contribution in [-0.2, 0) is 6.42 Å². The lowest BCUT2D eigenvalue weighted by molar-refractivity contribution is 0.628. The van der Waals surface area contributed by atoms with Gasteiger partial charge in [0.25, 0.3) is 0 Å². The molecule has 3 nitrogen and oxygen atoms in total. The minimum atomic E-state index is -0.241. The second kappa shape index (κ2) is 4.39. The van der Waals surface area contributed by atoms with Gasteiger partial charge in [-0.15, -0.1) is 0 Å². The summed E-state index contributed by atoms with van der Waals surface area (Å²) in [4.78, 5) is 4.61. The van der Waals surface area contributed by atoms with Crippen LogP contribution in [0.15, 0.2) is 42.6 Å². The summed E-state index contributed by atoms with van der Waals surface area (Å²) in [7, 11) is 0. The molecule has 0 atom stereocenters. The van der Waals surface area contributed by atoms with Crippen LogP contribution in [0.25, 0.3) is 16.9 Å². The minimum Gasteiger partial charge on any atom is -0.398 e. The summed E-state index contributed by atoms with van der Waals surface area (Å²) in [6.45, 7) is 2.07. The van der Waals surface area contributed by atoms with E-state index in [1.807, 2.05) is 22.7 Å². The molecule has 96 valence electrons. The number of nitrogen functional groups attached to an aromatic ring is 1. The molecule has 0 unspecified atom stereocenters. The Morgan fingerprint density at radius 1 is 1.16 bits per heavy atom. The van der Waals surface area contributed by atoms with Crippen LogP contribution in [0.2, 0.25) is 0 Å². The molecule has 0 saturated carbocycles. The normalized spacial score (nSPS) is 11.1. The molecule has 0 aliphatic carbocycles. The van der Waals surface area contributed by atoms with Gasteiger partial charge in [-0.25, -0.2) is 9.37 Å². The number of hydrogen-bond donors (Lipinski definition) is 1. The predicted octanol–water partition coefficient (Wildman–Crippen LogP) is 3.29. The Labute approximate surface area is 110 Å². The molecule has 0 spiro atoms. The van der Waals surface area contributed by atoms with Crippen molar-refractivity contribution in [3.63, 3.8) is 0 Å². The topological polar surface area (TPSA) is 43.3 Å². The highest BCUT2D eigenvalue weighted by molar-refractivity contribution is 5.67. The number of hydrogen-bond acceptors (Lipinski definition) is 2. The molecule has 2 N–H and O–H groups in total. The van der Waals surface area contributed by atoms with Crippen LogP contribution in [0.3, 0.4) is 0 Å². The Hall–Kier alpha value is -2.36. The van der Waals surface area contributed by atoms with Crippen LogP contribution in [0.1, 0.15) is 12.6 Å². The molecule has 0 aliphatic rings. The van der Waals surface area contributed by atoms with Gasteiger partial charge < -0.3 is 10.1 Å². The molecular weight excluding hydrogens is 241 g/mol. The first-order valence-electron chi connectivity index (χ1n) is 6.21. The van der Waals surface area contributed by atoms with Crippen molar-refractivity contribution in [2.75, 3.05) is 5.73 Å². The first-order valence-corrected chi connectivity index (χ1v) is 6.21. The second-order valence-electron chi connectivity index (χ2n) is 4.46. The number of rotatable bonds is 2. The highest BCUT2D eigenvalue weighted by Gasteiger charge is 2.12. The summed E-state index contributed by atoms with van der Waals surface area (Å²) < 4.78 is 15.0. The smallest absolute Gasteiger partial charge is 0.137 e. The lowest BCUT2D eigenvalue weighted by Gasteiger charge is -2.03. The third-order valence-corrected chi connectivity index (χ3v) is 3.19. The highest BCUT2D eigenvalue weighted by atomic mass is 19.1. The Morgan fingerprint density at radius 2 is 1.89 bits per heavy atom. The van der Waals surface area contributed by atoms with E-state index in [4.69, 9.17) is 5.73 Å². The number of aryl methyl sites for hydroxylation is 1. The number of fused-ring (bicyclic) bond motifs is 1. The van der Waals surface area contributed by atoms with E-state index in [1.54, 1.807) is 12.1 Å². The Morgan fingerprint density at radius 3 is 2.58 bits per heavy atom. The third-order valence-electron chi connectivity index (χ3n) is 3.19. The first kappa shape index (κ1) is 11.7. The average Bonchev–Trinajstić information content (AvgIpc) is 2.77. The van der Waals surface area contributed by atoms with E-state index in [9.17, 15) is 4.39 Å². The molecule has 1 aromatic carbocycles. The number of anilines is 1. The Bertz CT molecular complexity index is 729. The average molecular weight is 255 g/mol. The number of aromatic nitrogens is 2. The fraction of sp³-hybridized carbons (Fsp3) is 0.133. The van der Waals surface area contributed by atoms with Crippen molar-refractivity contribution >= 4 is 11.3 Å². The molecule has 0 radical (unpaired) electrons. The van der Waals surface area contributed by atoms with Crippen molar-refractivity contribution in [2.45, 2.75) is 13.3 Å². The van der Waals surface area contributed by atoms with Crippen molar-refractivity contribution in [1.29, 1.82) is 0 Å². The van der Waals surface area contributed by atoms with Gasteiger partial charge in [-0.3, -0.25) is 0 Å². The molecule has 0 aliphatic heterocycles. The van der Waals surface area contributed by atoms with Crippen LogP contribution in [0, 0.1) is 5.82 Å². The van der Waals surface area contributed by atoms with Crippen molar-refractivity contribution in [2.24, 2.45) is 0 Å². The lowest BCUT2D eigenvalue weighted by atomic mass is 10.1. The summed E-state index contributed by atoms with van der Waals surface area (Å²) >= 11 is 0. The number of imidazole rings is 1. The highest BCUT2D eigenvalue weighted by Crippen LogP contribution is 2.25. The summed E-state index contributed by atoms with van der Waals surface area (Å²) in [6.07, 6.45) is 2.70. The summed E-state index contributed by atoms with van der Waals surface area (Å²) in [5.74, 6) is -0.241. The van der Waals surface area contributed by atoms with Gasteiger partial charge in [0.1, 0.15) is 11.5 Å². The van der Waals surface area contributed by atoms with Gasteiger partial charge in [0.05, 0.1) is 11.4 Å². The Kier molecular flexibility index (Phi) is 2.71. The maximum atomic E-state index is 13.0. The van der Waals surface area contributed by atoms with E-state index in [0.717, 1.165) is 29.0 Å². The van der Waals surface area contributed by atoms with Crippen molar-refractivity contribution in [1.82, 2.24) is 9.38 Å². The van der Waals surface area contributed by atoms with Gasteiger partial charge in [0.15, 0.2) is 0 Å². The maximum absolute atomic E-state index is 13.0. The zero-order valence-electron chi connectivity index (χ0n) is 10.6. The number of pyridine rings is 1. The van der Waals surface area contributed by atoms with Crippen LogP contribution in [0.5, 0.6) is 0 Å². The van der Waals surface area contributed by atoms with E-state index in [0.29, 0.717) is 5.69 Å². The van der Waals surface area contributed by atoms with Gasteiger partial charge in [-0.05, 0) is 42.8 Å². The molecule has 0 saturated heterocycles. The largest absolute Gasteiger partial charge is 0.398 e. The van der Waals surface area contributed by atoms with Gasteiger partial charge in [0.2, 0.25) is 0 Å².